The summed E-state index contributed by atoms with van der Waals surface area (Å²) in [6, 6.07) is 11.5. The third-order valence-corrected chi connectivity index (χ3v) is 6.28. The molecule has 1 unspecified atom stereocenters. The van der Waals surface area contributed by atoms with Gasteiger partial charge in [-0.25, -0.2) is 4.52 Å². The molecule has 2 aromatic heterocycles. The van der Waals surface area contributed by atoms with E-state index in [0.717, 1.165) is 5.56 Å². The molecule has 0 radical (unpaired) electrons. The van der Waals surface area contributed by atoms with Crippen LogP contribution >= 0.6 is 0 Å². The average molecular weight is 452 g/mol. The molecule has 1 aliphatic rings. The fourth-order valence-electron chi connectivity index (χ4n) is 4.35. The Kier molecular flexibility index (Phi) is 6.33. The molecule has 1 saturated heterocycles. The van der Waals surface area contributed by atoms with Crippen LogP contribution in [0, 0.1) is 0 Å². The second-order valence-electron chi connectivity index (χ2n) is 8.92. The van der Waals surface area contributed by atoms with Gasteiger partial charge < -0.3 is 15.3 Å². The minimum absolute atomic E-state index is 0.0762. The fraction of sp³-hybridized carbons (Fsp3) is 0.417. The summed E-state index contributed by atoms with van der Waals surface area (Å²) >= 11 is 0. The van der Waals surface area contributed by atoms with Gasteiger partial charge in [0.2, 0.25) is 11.8 Å². The van der Waals surface area contributed by atoms with E-state index in [2.05, 4.69) is 10.4 Å². The molecule has 1 aromatic carbocycles. The van der Waals surface area contributed by atoms with Crippen molar-refractivity contribution in [3.63, 3.8) is 0 Å². The van der Waals surface area contributed by atoms with Gasteiger partial charge in [0.1, 0.15) is 11.8 Å². The molecule has 0 bridgehead atoms. The lowest BCUT2D eigenvalue weighted by Crippen LogP contribution is -2.49. The number of nitrogens with zero attached hydrogens (tertiary/aromatic N) is 4. The molecule has 9 nitrogen and oxygen atoms in total. The Balaban J connectivity index is 1.39. The zero-order chi connectivity index (χ0) is 23.6. The molecular formula is C24H29N5O4. The maximum absolute atomic E-state index is 12.9. The van der Waals surface area contributed by atoms with E-state index >= 15 is 0 Å². The fourth-order valence-corrected chi connectivity index (χ4v) is 4.35. The van der Waals surface area contributed by atoms with Crippen molar-refractivity contribution in [2.75, 3.05) is 18.4 Å². The van der Waals surface area contributed by atoms with Gasteiger partial charge in [0.15, 0.2) is 0 Å². The van der Waals surface area contributed by atoms with E-state index in [0.29, 0.717) is 43.6 Å². The van der Waals surface area contributed by atoms with Crippen molar-refractivity contribution >= 4 is 23.0 Å². The highest BCUT2D eigenvalue weighted by Gasteiger charge is 2.35. The number of hydrogen-bond acceptors (Lipinski definition) is 5. The van der Waals surface area contributed by atoms with Crippen molar-refractivity contribution in [2.24, 2.45) is 0 Å². The van der Waals surface area contributed by atoms with Gasteiger partial charge in [0.25, 0.3) is 5.56 Å². The highest BCUT2D eigenvalue weighted by molar-refractivity contribution is 5.89. The molecule has 3 aromatic rings. The maximum atomic E-state index is 12.9. The highest BCUT2D eigenvalue weighted by Crippen LogP contribution is 2.26. The van der Waals surface area contributed by atoms with E-state index in [4.69, 9.17) is 0 Å². The van der Waals surface area contributed by atoms with Crippen LogP contribution in [0.3, 0.4) is 0 Å². The monoisotopic (exact) mass is 451 g/mol. The number of aliphatic hydroxyl groups is 1. The smallest absolute Gasteiger partial charge is 0.277 e. The van der Waals surface area contributed by atoms with Crippen LogP contribution in [0.5, 0.6) is 0 Å². The van der Waals surface area contributed by atoms with Gasteiger partial charge in [0.05, 0.1) is 24.0 Å². The Morgan fingerprint density at radius 3 is 2.58 bits per heavy atom. The quantitative estimate of drug-likeness (QED) is 0.596. The van der Waals surface area contributed by atoms with E-state index in [-0.39, 0.29) is 29.8 Å². The van der Waals surface area contributed by atoms with Crippen molar-refractivity contribution in [3.05, 3.63) is 64.8 Å². The van der Waals surface area contributed by atoms with Crippen LogP contribution in [-0.2, 0) is 16.1 Å². The van der Waals surface area contributed by atoms with Crippen molar-refractivity contribution < 1.29 is 14.7 Å². The zero-order valence-electron chi connectivity index (χ0n) is 18.9. The van der Waals surface area contributed by atoms with Crippen LogP contribution in [0.2, 0.25) is 0 Å². The third-order valence-electron chi connectivity index (χ3n) is 6.28. The standard InChI is InChI=1S/C24H29N5O4/c1-17(19-6-4-3-5-7-19)12-22(31)27-10-8-24(33,9-11-27)15-28-16-25-29-14-20(26-18(2)30)13-21(29)23(28)32/h3-7,13-14,16-17,33H,8-12,15H2,1-2H3,(H,26,30). The number of amides is 2. The van der Waals surface area contributed by atoms with Gasteiger partial charge in [-0.05, 0) is 30.4 Å². The van der Waals surface area contributed by atoms with E-state index < -0.39 is 5.60 Å². The summed E-state index contributed by atoms with van der Waals surface area (Å²) in [5.41, 5.74) is 0.532. The van der Waals surface area contributed by atoms with Gasteiger partial charge in [-0.15, -0.1) is 0 Å². The average Bonchev–Trinajstić information content (AvgIpc) is 3.19. The predicted octanol–water partition coefficient (Wildman–Crippen LogP) is 2.00. The summed E-state index contributed by atoms with van der Waals surface area (Å²) in [6.07, 6.45) is 4.15. The lowest BCUT2D eigenvalue weighted by atomic mass is 9.90. The SMILES string of the molecule is CC(=O)Nc1cc2c(=O)n(CC3(O)CCN(C(=O)CC(C)c4ccccc4)CC3)cnn2c1. The molecule has 33 heavy (non-hydrogen) atoms. The number of fused-ring (bicyclic) bond motifs is 1. The number of aromatic nitrogens is 3. The van der Waals surface area contributed by atoms with Crippen molar-refractivity contribution in [2.45, 2.75) is 51.2 Å². The first-order valence-electron chi connectivity index (χ1n) is 11.1. The normalized spacial score (nSPS) is 16.5. The topological polar surface area (TPSA) is 109 Å². The number of likely N-dealkylation sites (tertiary alicyclic amines) is 1. The molecular weight excluding hydrogens is 422 g/mol. The molecule has 1 atom stereocenters. The van der Waals surface area contributed by atoms with Crippen molar-refractivity contribution in [1.29, 1.82) is 0 Å². The summed E-state index contributed by atoms with van der Waals surface area (Å²) in [5, 5.41) is 18.0. The number of hydrogen-bond donors (Lipinski definition) is 2. The lowest BCUT2D eigenvalue weighted by Gasteiger charge is -2.38. The van der Waals surface area contributed by atoms with Gasteiger partial charge in [-0.1, -0.05) is 37.3 Å². The van der Waals surface area contributed by atoms with Crippen molar-refractivity contribution in [1.82, 2.24) is 19.1 Å². The number of nitrogens with one attached hydrogen (secondary N) is 1. The minimum Gasteiger partial charge on any atom is -0.388 e. The van der Waals surface area contributed by atoms with Gasteiger partial charge in [-0.2, -0.15) is 5.10 Å². The zero-order valence-corrected chi connectivity index (χ0v) is 18.9. The van der Waals surface area contributed by atoms with E-state index in [9.17, 15) is 19.5 Å². The van der Waals surface area contributed by atoms with Gasteiger partial charge in [-0.3, -0.25) is 19.0 Å². The Morgan fingerprint density at radius 1 is 1.21 bits per heavy atom. The molecule has 0 aliphatic carbocycles. The first-order chi connectivity index (χ1) is 15.7. The van der Waals surface area contributed by atoms with Crippen LogP contribution < -0.4 is 10.9 Å². The summed E-state index contributed by atoms with van der Waals surface area (Å²) in [4.78, 5) is 38.7. The second kappa shape index (κ2) is 9.19. The largest absolute Gasteiger partial charge is 0.388 e. The molecule has 2 amide bonds. The molecule has 9 heteroatoms. The van der Waals surface area contributed by atoms with Gasteiger partial charge >= 0.3 is 0 Å². The van der Waals surface area contributed by atoms with E-state index in [1.807, 2.05) is 37.3 Å². The van der Waals surface area contributed by atoms with Crippen LogP contribution in [0.1, 0.15) is 44.6 Å². The molecule has 1 fully saturated rings. The number of anilines is 1. The summed E-state index contributed by atoms with van der Waals surface area (Å²) < 4.78 is 2.80. The Labute approximate surface area is 191 Å². The molecule has 0 spiro atoms. The van der Waals surface area contributed by atoms with Crippen LogP contribution in [-0.4, -0.2) is 54.7 Å². The second-order valence-corrected chi connectivity index (χ2v) is 8.92. The van der Waals surface area contributed by atoms with E-state index in [1.54, 1.807) is 17.2 Å². The highest BCUT2D eigenvalue weighted by atomic mass is 16.3. The van der Waals surface area contributed by atoms with Gasteiger partial charge in [0, 0.05) is 26.4 Å². The lowest BCUT2D eigenvalue weighted by molar-refractivity contribution is -0.136. The minimum atomic E-state index is -1.10. The van der Waals surface area contributed by atoms with Crippen molar-refractivity contribution in [3.8, 4) is 0 Å². The number of carbonyl (C=O) groups is 2. The van der Waals surface area contributed by atoms with E-state index in [1.165, 1.54) is 22.3 Å². The summed E-state index contributed by atoms with van der Waals surface area (Å²) in [7, 11) is 0. The predicted molar refractivity (Wildman–Crippen MR) is 124 cm³/mol. The summed E-state index contributed by atoms with van der Waals surface area (Å²) in [5.74, 6) is -0.0346. The number of carbonyl (C=O) groups excluding carboxylic acids is 2. The molecule has 2 N–H and O–H groups in total. The molecule has 3 heterocycles. The van der Waals surface area contributed by atoms with Crippen LogP contribution in [0.15, 0.2) is 53.7 Å². The number of benzene rings is 1. The first kappa shape index (κ1) is 22.7. The molecule has 0 saturated carbocycles. The maximum Gasteiger partial charge on any atom is 0.277 e. The summed E-state index contributed by atoms with van der Waals surface area (Å²) in [6.45, 7) is 4.42. The van der Waals surface area contributed by atoms with Crippen LogP contribution in [0.25, 0.3) is 5.52 Å². The molecule has 174 valence electrons. The molecule has 1 aliphatic heterocycles. The number of rotatable bonds is 6. The third kappa shape index (κ3) is 5.14. The first-order valence-corrected chi connectivity index (χ1v) is 11.1. The van der Waals surface area contributed by atoms with Crippen LogP contribution in [0.4, 0.5) is 5.69 Å². The Hall–Kier alpha value is -3.46. The Bertz CT molecular complexity index is 1210. The molecule has 4 rings (SSSR count). The number of piperidine rings is 1. The Morgan fingerprint density at radius 2 is 1.91 bits per heavy atom.